The molecule has 1 aromatic heterocycles. The summed E-state index contributed by atoms with van der Waals surface area (Å²) in [6, 6.07) is 6.53. The van der Waals surface area contributed by atoms with Crippen LogP contribution in [0.5, 0.6) is 0 Å². The fraction of sp³-hybridized carbons (Fsp3) is 0.0909. The third kappa shape index (κ3) is 2.29. The first-order valence-corrected chi connectivity index (χ1v) is 5.22. The van der Waals surface area contributed by atoms with E-state index >= 15 is 0 Å². The Morgan fingerprint density at radius 2 is 2.00 bits per heavy atom. The summed E-state index contributed by atoms with van der Waals surface area (Å²) in [7, 11) is 0. The number of allylic oxidation sites excluding steroid dienone is 1. The van der Waals surface area contributed by atoms with E-state index in [1.54, 1.807) is 24.3 Å². The molecule has 0 saturated carbocycles. The molecule has 0 aliphatic rings. The molecule has 0 bridgehead atoms. The van der Waals surface area contributed by atoms with Gasteiger partial charge in [-0.3, -0.25) is 4.79 Å². The Balaban J connectivity index is 2.54. The minimum absolute atomic E-state index is 0.367. The highest BCUT2D eigenvalue weighted by atomic mass is 19.4. The van der Waals surface area contributed by atoms with Gasteiger partial charge in [0.1, 0.15) is 0 Å². The average molecular weight is 253 g/mol. The predicted octanol–water partition coefficient (Wildman–Crippen LogP) is 2.34. The fourth-order valence-corrected chi connectivity index (χ4v) is 1.58. The minimum Gasteiger partial charge on any atom is -0.445 e. The van der Waals surface area contributed by atoms with E-state index in [4.69, 9.17) is 0 Å². The molecule has 0 radical (unpaired) electrons. The number of hydrogen-bond acceptors (Lipinski definition) is 2. The lowest BCUT2D eigenvalue weighted by Gasteiger charge is -2.19. The summed E-state index contributed by atoms with van der Waals surface area (Å²) in [5.74, 6) is 0. The molecule has 1 aromatic carbocycles. The highest BCUT2D eigenvalue weighted by molar-refractivity contribution is 6.66. The summed E-state index contributed by atoms with van der Waals surface area (Å²) in [4.78, 5) is 15.5. The van der Waals surface area contributed by atoms with Crippen LogP contribution in [-0.4, -0.2) is 16.5 Å². The highest BCUT2D eigenvalue weighted by Crippen LogP contribution is 2.20. The van der Waals surface area contributed by atoms with Gasteiger partial charge in [0.05, 0.1) is 17.2 Å². The van der Waals surface area contributed by atoms with Crippen LogP contribution in [0.25, 0.3) is 11.0 Å². The minimum atomic E-state index is -5.15. The Bertz CT molecular complexity index is 663. The Kier molecular flexibility index (Phi) is 2.98. The van der Waals surface area contributed by atoms with E-state index in [0.29, 0.717) is 11.0 Å². The standard InChI is InChI=1S/C11H9BF3N2O/c1-8(12(13,14)15)7-17-10-5-3-2-4-9(10)16-6-11(17)18/h2-6H,1,7H2/q-1. The molecule has 0 aliphatic carbocycles. The number of benzene rings is 1. The Labute approximate surface area is 101 Å². The number of rotatable bonds is 3. The molecule has 0 N–H and O–H groups in total. The Hall–Kier alpha value is -2.05. The lowest BCUT2D eigenvalue weighted by Crippen LogP contribution is -2.28. The zero-order chi connectivity index (χ0) is 13.3. The summed E-state index contributed by atoms with van der Waals surface area (Å²) in [5.41, 5.74) is -0.644. The lowest BCUT2D eigenvalue weighted by atomic mass is 9.80. The Morgan fingerprint density at radius 3 is 2.67 bits per heavy atom. The summed E-state index contributed by atoms with van der Waals surface area (Å²) >= 11 is 0. The largest absolute Gasteiger partial charge is 0.506 e. The van der Waals surface area contributed by atoms with Gasteiger partial charge in [-0.05, 0) is 12.1 Å². The summed E-state index contributed by atoms with van der Waals surface area (Å²) < 4.78 is 38.5. The molecule has 0 saturated heterocycles. The molecule has 0 fully saturated rings. The van der Waals surface area contributed by atoms with E-state index in [1.165, 1.54) is 0 Å². The van der Waals surface area contributed by atoms with Gasteiger partial charge in [0.2, 0.25) is 0 Å². The maximum absolute atomic E-state index is 12.5. The normalized spacial score (nSPS) is 11.7. The molecule has 0 spiro atoms. The molecule has 94 valence electrons. The number of halogens is 3. The van der Waals surface area contributed by atoms with E-state index in [9.17, 15) is 17.7 Å². The quantitative estimate of drug-likeness (QED) is 0.787. The van der Waals surface area contributed by atoms with Crippen LogP contribution in [0.15, 0.2) is 47.3 Å². The number of para-hydroxylation sites is 2. The van der Waals surface area contributed by atoms with E-state index < -0.39 is 24.6 Å². The second kappa shape index (κ2) is 4.32. The monoisotopic (exact) mass is 253 g/mol. The topological polar surface area (TPSA) is 34.9 Å². The van der Waals surface area contributed by atoms with Crippen LogP contribution in [-0.2, 0) is 6.54 Å². The van der Waals surface area contributed by atoms with Gasteiger partial charge in [0.15, 0.2) is 0 Å². The molecule has 0 unspecified atom stereocenters. The predicted molar refractivity (Wildman–Crippen MR) is 64.2 cm³/mol. The van der Waals surface area contributed by atoms with Crippen LogP contribution in [0.4, 0.5) is 12.9 Å². The van der Waals surface area contributed by atoms with Gasteiger partial charge in [-0.2, -0.15) is 0 Å². The van der Waals surface area contributed by atoms with Gasteiger partial charge < -0.3 is 17.5 Å². The zero-order valence-electron chi connectivity index (χ0n) is 9.31. The number of aromatic nitrogens is 2. The second-order valence-electron chi connectivity index (χ2n) is 3.90. The summed E-state index contributed by atoms with van der Waals surface area (Å²) in [6.45, 7) is -2.72. The maximum Gasteiger partial charge on any atom is 0.506 e. The van der Waals surface area contributed by atoms with Gasteiger partial charge in [0.25, 0.3) is 5.56 Å². The number of fused-ring (bicyclic) bond motifs is 1. The molecule has 1 heterocycles. The van der Waals surface area contributed by atoms with E-state index in [-0.39, 0.29) is 0 Å². The fourth-order valence-electron chi connectivity index (χ4n) is 1.58. The van der Waals surface area contributed by atoms with Crippen molar-refractivity contribution in [1.82, 2.24) is 9.55 Å². The van der Waals surface area contributed by atoms with Crippen LogP contribution in [0.2, 0.25) is 0 Å². The van der Waals surface area contributed by atoms with Gasteiger partial charge in [-0.25, -0.2) is 4.98 Å². The smallest absolute Gasteiger partial charge is 0.445 e. The first-order chi connectivity index (χ1) is 8.39. The molecule has 7 heteroatoms. The van der Waals surface area contributed by atoms with E-state index in [0.717, 1.165) is 10.8 Å². The van der Waals surface area contributed by atoms with Crippen LogP contribution < -0.4 is 5.56 Å². The number of hydrogen-bond donors (Lipinski definition) is 0. The second-order valence-corrected chi connectivity index (χ2v) is 3.90. The molecule has 2 rings (SSSR count). The molecule has 0 atom stereocenters. The SMILES string of the molecule is C=C(Cn1c(=O)cnc2ccccc21)[B-](F)(F)F. The Morgan fingerprint density at radius 1 is 1.33 bits per heavy atom. The van der Waals surface area contributed by atoms with Gasteiger partial charge in [-0.15, -0.1) is 12.1 Å². The third-order valence-electron chi connectivity index (χ3n) is 2.58. The van der Waals surface area contributed by atoms with Crippen LogP contribution in [0, 0.1) is 0 Å². The molecule has 2 aromatic rings. The average Bonchev–Trinajstić information content (AvgIpc) is 2.31. The van der Waals surface area contributed by atoms with Crippen LogP contribution >= 0.6 is 0 Å². The molecule has 18 heavy (non-hydrogen) atoms. The van der Waals surface area contributed by atoms with Gasteiger partial charge >= 0.3 is 6.98 Å². The van der Waals surface area contributed by atoms with Crippen molar-refractivity contribution in [3.63, 3.8) is 0 Å². The number of nitrogens with zero attached hydrogens (tertiary/aromatic N) is 2. The highest BCUT2D eigenvalue weighted by Gasteiger charge is 2.27. The van der Waals surface area contributed by atoms with Crippen molar-refractivity contribution in [1.29, 1.82) is 0 Å². The van der Waals surface area contributed by atoms with Crippen molar-refractivity contribution in [2.45, 2.75) is 6.54 Å². The summed E-state index contributed by atoms with van der Waals surface area (Å²) in [6.07, 6.45) is 1.01. The van der Waals surface area contributed by atoms with Crippen LogP contribution in [0.3, 0.4) is 0 Å². The van der Waals surface area contributed by atoms with Gasteiger partial charge in [0, 0.05) is 6.54 Å². The maximum atomic E-state index is 12.5. The van der Waals surface area contributed by atoms with Crippen molar-refractivity contribution >= 4 is 18.0 Å². The van der Waals surface area contributed by atoms with Crippen molar-refractivity contribution < 1.29 is 12.9 Å². The summed E-state index contributed by atoms with van der Waals surface area (Å²) in [5, 5.41) is 0. The van der Waals surface area contributed by atoms with Crippen LogP contribution in [0.1, 0.15) is 0 Å². The van der Waals surface area contributed by atoms with Crippen molar-refractivity contribution in [2.24, 2.45) is 0 Å². The molecular formula is C11H9BF3N2O-. The molecule has 0 amide bonds. The van der Waals surface area contributed by atoms with Crippen molar-refractivity contribution in [3.05, 3.63) is 52.9 Å². The first-order valence-electron chi connectivity index (χ1n) is 5.22. The van der Waals surface area contributed by atoms with Crippen molar-refractivity contribution in [2.75, 3.05) is 0 Å². The zero-order valence-corrected chi connectivity index (χ0v) is 9.31. The molecular weight excluding hydrogens is 244 g/mol. The van der Waals surface area contributed by atoms with Crippen molar-refractivity contribution in [3.8, 4) is 0 Å². The first kappa shape index (κ1) is 12.4. The van der Waals surface area contributed by atoms with E-state index in [1.807, 2.05) is 0 Å². The van der Waals surface area contributed by atoms with E-state index in [2.05, 4.69) is 11.6 Å². The molecule has 3 nitrogen and oxygen atoms in total. The third-order valence-corrected chi connectivity index (χ3v) is 2.58. The lowest BCUT2D eigenvalue weighted by molar-refractivity contribution is 0.482. The molecule has 0 aliphatic heterocycles. The van der Waals surface area contributed by atoms with Gasteiger partial charge in [-0.1, -0.05) is 12.1 Å².